The Labute approximate surface area is 174 Å². The molecule has 0 bridgehead atoms. The van der Waals surface area contributed by atoms with Crippen LogP contribution in [0, 0.1) is 0 Å². The lowest BCUT2D eigenvalue weighted by Gasteiger charge is -2.12. The van der Waals surface area contributed by atoms with E-state index in [1.54, 1.807) is 42.5 Å². The van der Waals surface area contributed by atoms with Crippen LogP contribution < -0.4 is 14.8 Å². The van der Waals surface area contributed by atoms with Gasteiger partial charge in [-0.1, -0.05) is 24.3 Å². The van der Waals surface area contributed by atoms with Gasteiger partial charge in [0.05, 0.1) is 18.6 Å². The molecule has 3 amide bonds. The first-order chi connectivity index (χ1) is 14.0. The van der Waals surface area contributed by atoms with E-state index in [0.29, 0.717) is 23.0 Å². The first-order valence-electron chi connectivity index (χ1n) is 9.13. The molecule has 0 atom stereocenters. The molecule has 2 rings (SSSR count). The molecule has 0 aliphatic carbocycles. The minimum Gasteiger partial charge on any atom is -0.493 e. The van der Waals surface area contributed by atoms with Gasteiger partial charge in [-0.3, -0.25) is 19.3 Å². The fourth-order valence-corrected chi connectivity index (χ4v) is 3.36. The van der Waals surface area contributed by atoms with Gasteiger partial charge in [-0.25, -0.2) is 0 Å². The minimum atomic E-state index is -0.383. The number of thioether (sulfide) groups is 1. The number of ether oxygens (including phenoxy) is 2. The molecule has 8 heteroatoms. The summed E-state index contributed by atoms with van der Waals surface area (Å²) < 4.78 is 10.8. The monoisotopic (exact) mass is 416 g/mol. The van der Waals surface area contributed by atoms with Gasteiger partial charge in [0.1, 0.15) is 0 Å². The standard InChI is InChI=1S/C21H24N2O5S/c1-4-6-7-8-19(24)22-11-12-23-20(25)18(29-21(23)26)14-15-9-10-16(28-5-2)17(13-15)27-3/h4,6-10,13-14H,5,11-12H2,1-3H3,(H,22,24)/b6-4+,8-7+,18-14-. The maximum Gasteiger partial charge on any atom is 0.293 e. The second-order valence-corrected chi connectivity index (χ2v) is 6.85. The first kappa shape index (κ1) is 22.3. The number of allylic oxidation sites excluding steroid dienone is 3. The van der Waals surface area contributed by atoms with E-state index in [4.69, 9.17) is 9.47 Å². The third kappa shape index (κ3) is 6.25. The Hall–Kier alpha value is -3.00. The maximum atomic E-state index is 12.6. The van der Waals surface area contributed by atoms with Crippen LogP contribution in [0.3, 0.4) is 0 Å². The van der Waals surface area contributed by atoms with Gasteiger partial charge < -0.3 is 14.8 Å². The Balaban J connectivity index is 2.01. The van der Waals surface area contributed by atoms with E-state index in [-0.39, 0.29) is 30.1 Å². The predicted octanol–water partition coefficient (Wildman–Crippen LogP) is 3.38. The molecule has 1 saturated heterocycles. The molecular formula is C21H24N2O5S. The third-order valence-electron chi connectivity index (χ3n) is 3.84. The summed E-state index contributed by atoms with van der Waals surface area (Å²) in [7, 11) is 1.54. The van der Waals surface area contributed by atoms with E-state index in [0.717, 1.165) is 22.2 Å². The summed E-state index contributed by atoms with van der Waals surface area (Å²) in [6.07, 6.45) is 8.17. The first-order valence-corrected chi connectivity index (χ1v) is 9.95. The van der Waals surface area contributed by atoms with E-state index in [1.165, 1.54) is 13.2 Å². The van der Waals surface area contributed by atoms with Crippen molar-refractivity contribution in [2.24, 2.45) is 0 Å². The number of nitrogens with zero attached hydrogens (tertiary/aromatic N) is 1. The lowest BCUT2D eigenvalue weighted by Crippen LogP contribution is -2.36. The van der Waals surface area contributed by atoms with E-state index in [1.807, 2.05) is 13.8 Å². The molecule has 1 heterocycles. The van der Waals surface area contributed by atoms with Gasteiger partial charge in [-0.2, -0.15) is 0 Å². The fraction of sp³-hybridized carbons (Fsp3) is 0.286. The van der Waals surface area contributed by atoms with E-state index in [9.17, 15) is 14.4 Å². The van der Waals surface area contributed by atoms with Gasteiger partial charge in [0, 0.05) is 19.2 Å². The van der Waals surface area contributed by atoms with Crippen LogP contribution in [-0.2, 0) is 9.59 Å². The van der Waals surface area contributed by atoms with Crippen molar-refractivity contribution in [1.82, 2.24) is 10.2 Å². The number of nitrogens with one attached hydrogen (secondary N) is 1. The normalized spacial score (nSPS) is 15.7. The van der Waals surface area contributed by atoms with Crippen LogP contribution in [-0.4, -0.2) is 48.8 Å². The SMILES string of the molecule is C/C=C/C=C/C(=O)NCCN1C(=O)S/C(=C\c2ccc(OCC)c(OC)c2)C1=O. The Kier molecular flexibility index (Phi) is 8.54. The molecule has 1 fully saturated rings. The number of carbonyl (C=O) groups is 3. The molecule has 0 radical (unpaired) electrons. The minimum absolute atomic E-state index is 0.109. The number of carbonyl (C=O) groups excluding carboxylic acids is 3. The number of amides is 3. The summed E-state index contributed by atoms with van der Waals surface area (Å²) >= 11 is 0.871. The van der Waals surface area contributed by atoms with Crippen LogP contribution in [0.25, 0.3) is 6.08 Å². The molecule has 0 aromatic heterocycles. The van der Waals surface area contributed by atoms with Crippen molar-refractivity contribution >= 4 is 34.9 Å². The van der Waals surface area contributed by atoms with Crippen molar-refractivity contribution in [3.63, 3.8) is 0 Å². The number of hydrogen-bond acceptors (Lipinski definition) is 6. The lowest BCUT2D eigenvalue weighted by atomic mass is 10.2. The average molecular weight is 416 g/mol. The molecule has 7 nitrogen and oxygen atoms in total. The molecule has 1 aliphatic heterocycles. The van der Waals surface area contributed by atoms with Crippen molar-refractivity contribution in [3.8, 4) is 11.5 Å². The number of benzene rings is 1. The molecule has 0 spiro atoms. The zero-order valence-corrected chi connectivity index (χ0v) is 17.5. The summed E-state index contributed by atoms with van der Waals surface area (Å²) in [5, 5.41) is 2.28. The molecule has 154 valence electrons. The van der Waals surface area contributed by atoms with Crippen LogP contribution in [0.15, 0.2) is 47.4 Å². The van der Waals surface area contributed by atoms with Gasteiger partial charge in [0.25, 0.3) is 11.1 Å². The largest absolute Gasteiger partial charge is 0.493 e. The highest BCUT2D eigenvalue weighted by Crippen LogP contribution is 2.34. The quantitative estimate of drug-likeness (QED) is 0.491. The third-order valence-corrected chi connectivity index (χ3v) is 4.75. The average Bonchev–Trinajstić information content (AvgIpc) is 2.96. The zero-order valence-electron chi connectivity index (χ0n) is 16.6. The molecular weight excluding hydrogens is 392 g/mol. The number of hydrogen-bond donors (Lipinski definition) is 1. The summed E-state index contributed by atoms with van der Waals surface area (Å²) in [4.78, 5) is 37.8. The van der Waals surface area contributed by atoms with E-state index in [2.05, 4.69) is 5.32 Å². The molecule has 29 heavy (non-hydrogen) atoms. The fourth-order valence-electron chi connectivity index (χ4n) is 2.50. The van der Waals surface area contributed by atoms with Gasteiger partial charge in [0.15, 0.2) is 11.5 Å². The molecule has 1 aromatic rings. The topological polar surface area (TPSA) is 84.9 Å². The van der Waals surface area contributed by atoms with Gasteiger partial charge >= 0.3 is 0 Å². The van der Waals surface area contributed by atoms with Gasteiger partial charge in [-0.05, 0) is 49.4 Å². The Morgan fingerprint density at radius 2 is 2.03 bits per heavy atom. The molecule has 0 unspecified atom stereocenters. The second kappa shape index (κ2) is 11.1. The Morgan fingerprint density at radius 3 is 2.72 bits per heavy atom. The maximum absolute atomic E-state index is 12.6. The van der Waals surface area contributed by atoms with Crippen molar-refractivity contribution in [1.29, 1.82) is 0 Å². The Bertz CT molecular complexity index is 861. The Morgan fingerprint density at radius 1 is 1.24 bits per heavy atom. The van der Waals surface area contributed by atoms with Crippen LogP contribution >= 0.6 is 11.8 Å². The van der Waals surface area contributed by atoms with Gasteiger partial charge in [-0.15, -0.1) is 0 Å². The van der Waals surface area contributed by atoms with Crippen LogP contribution in [0.1, 0.15) is 19.4 Å². The molecule has 1 N–H and O–H groups in total. The zero-order chi connectivity index (χ0) is 21.2. The van der Waals surface area contributed by atoms with Crippen molar-refractivity contribution in [2.45, 2.75) is 13.8 Å². The van der Waals surface area contributed by atoms with Crippen molar-refractivity contribution in [3.05, 3.63) is 53.0 Å². The summed E-state index contributed by atoms with van der Waals surface area (Å²) in [5.74, 6) is 0.492. The van der Waals surface area contributed by atoms with Crippen molar-refractivity contribution in [2.75, 3.05) is 26.8 Å². The highest BCUT2D eigenvalue weighted by molar-refractivity contribution is 8.18. The highest BCUT2D eigenvalue weighted by Gasteiger charge is 2.34. The lowest BCUT2D eigenvalue weighted by molar-refractivity contribution is -0.123. The summed E-state index contributed by atoms with van der Waals surface area (Å²) in [6.45, 7) is 4.53. The van der Waals surface area contributed by atoms with E-state index < -0.39 is 0 Å². The molecule has 1 aliphatic rings. The molecule has 0 saturated carbocycles. The second-order valence-electron chi connectivity index (χ2n) is 5.85. The van der Waals surface area contributed by atoms with Crippen LogP contribution in [0.4, 0.5) is 4.79 Å². The number of rotatable bonds is 9. The smallest absolute Gasteiger partial charge is 0.293 e. The number of imide groups is 1. The van der Waals surface area contributed by atoms with Gasteiger partial charge in [0.2, 0.25) is 5.91 Å². The molecule has 1 aromatic carbocycles. The summed E-state index contributed by atoms with van der Waals surface area (Å²) in [6, 6.07) is 5.30. The summed E-state index contributed by atoms with van der Waals surface area (Å²) in [5.41, 5.74) is 0.721. The van der Waals surface area contributed by atoms with Crippen molar-refractivity contribution < 1.29 is 23.9 Å². The van der Waals surface area contributed by atoms with Crippen LogP contribution in [0.5, 0.6) is 11.5 Å². The highest BCUT2D eigenvalue weighted by atomic mass is 32.2. The van der Waals surface area contributed by atoms with E-state index >= 15 is 0 Å². The number of methoxy groups -OCH3 is 1. The predicted molar refractivity (Wildman–Crippen MR) is 114 cm³/mol. The van der Waals surface area contributed by atoms with Crippen LogP contribution in [0.2, 0.25) is 0 Å².